The summed E-state index contributed by atoms with van der Waals surface area (Å²) in [5.74, 6) is 1.16. The number of benzene rings is 1. The number of aromatic nitrogens is 1. The molecule has 0 spiro atoms. The second kappa shape index (κ2) is 5.38. The van der Waals surface area contributed by atoms with Crippen molar-refractivity contribution in [2.45, 2.75) is 20.0 Å². The number of aliphatic hydroxyl groups is 1. The molecule has 1 atom stereocenters. The van der Waals surface area contributed by atoms with Crippen molar-refractivity contribution in [3.8, 4) is 11.6 Å². The van der Waals surface area contributed by atoms with E-state index in [2.05, 4.69) is 4.98 Å². The Labute approximate surface area is 111 Å². The highest BCUT2D eigenvalue weighted by Crippen LogP contribution is 2.27. The van der Waals surface area contributed by atoms with Crippen LogP contribution in [-0.2, 0) is 0 Å². The highest BCUT2D eigenvalue weighted by atomic mass is 35.5. The maximum atomic E-state index is 9.39. The minimum absolute atomic E-state index is 0.477. The largest absolute Gasteiger partial charge is 0.439 e. The van der Waals surface area contributed by atoms with Crippen molar-refractivity contribution in [1.29, 1.82) is 0 Å². The van der Waals surface area contributed by atoms with Crippen molar-refractivity contribution in [2.24, 2.45) is 0 Å². The summed E-state index contributed by atoms with van der Waals surface area (Å²) in [6.45, 7) is 3.63. The molecule has 0 aliphatic carbocycles. The minimum Gasteiger partial charge on any atom is -0.439 e. The molecule has 2 rings (SSSR count). The van der Waals surface area contributed by atoms with Crippen molar-refractivity contribution < 1.29 is 9.84 Å². The van der Waals surface area contributed by atoms with Gasteiger partial charge in [-0.3, -0.25) is 0 Å². The Morgan fingerprint density at radius 1 is 1.28 bits per heavy atom. The normalized spacial score (nSPS) is 12.2. The van der Waals surface area contributed by atoms with Crippen LogP contribution in [0.4, 0.5) is 0 Å². The molecule has 0 bridgehead atoms. The lowest BCUT2D eigenvalue weighted by molar-refractivity contribution is 0.198. The molecule has 1 N–H and O–H groups in total. The van der Waals surface area contributed by atoms with Crippen LogP contribution in [0.15, 0.2) is 36.5 Å². The number of aryl methyl sites for hydroxylation is 1. The molecule has 94 valence electrons. The van der Waals surface area contributed by atoms with Crippen molar-refractivity contribution in [2.75, 3.05) is 0 Å². The lowest BCUT2D eigenvalue weighted by atomic mass is 10.2. The summed E-state index contributed by atoms with van der Waals surface area (Å²) in [6.07, 6.45) is 1.07. The van der Waals surface area contributed by atoms with E-state index in [1.54, 1.807) is 31.3 Å². The molecule has 0 saturated heterocycles. The maximum Gasteiger partial charge on any atom is 0.219 e. The van der Waals surface area contributed by atoms with Crippen LogP contribution in [0.1, 0.15) is 24.2 Å². The second-order valence-corrected chi connectivity index (χ2v) is 4.55. The van der Waals surface area contributed by atoms with E-state index in [1.807, 2.05) is 19.1 Å². The van der Waals surface area contributed by atoms with E-state index in [4.69, 9.17) is 16.3 Å². The number of nitrogens with zero attached hydrogens (tertiary/aromatic N) is 1. The van der Waals surface area contributed by atoms with Crippen LogP contribution in [0.25, 0.3) is 0 Å². The zero-order valence-electron chi connectivity index (χ0n) is 10.2. The molecular formula is C14H14ClNO2. The Balaban J connectivity index is 2.21. The molecule has 0 fully saturated rings. The predicted octanol–water partition coefficient (Wildman–Crippen LogP) is 3.89. The Hall–Kier alpha value is -1.58. The SMILES string of the molecule is Cc1ccc(Cl)cc1Oc1ccc([C@H](C)O)cn1. The lowest BCUT2D eigenvalue weighted by Crippen LogP contribution is -1.94. The zero-order valence-corrected chi connectivity index (χ0v) is 11.0. The molecule has 0 unspecified atom stereocenters. The molecule has 0 radical (unpaired) electrons. The summed E-state index contributed by atoms with van der Waals surface area (Å²) in [7, 11) is 0. The number of hydrogen-bond donors (Lipinski definition) is 1. The number of aliphatic hydroxyl groups excluding tert-OH is 1. The van der Waals surface area contributed by atoms with E-state index in [9.17, 15) is 5.11 Å². The van der Waals surface area contributed by atoms with Crippen molar-refractivity contribution >= 4 is 11.6 Å². The Morgan fingerprint density at radius 3 is 2.67 bits per heavy atom. The van der Waals surface area contributed by atoms with E-state index >= 15 is 0 Å². The van der Waals surface area contributed by atoms with E-state index in [-0.39, 0.29) is 0 Å². The molecule has 1 aromatic carbocycles. The summed E-state index contributed by atoms with van der Waals surface area (Å²) in [4.78, 5) is 4.14. The number of rotatable bonds is 3. The average molecular weight is 264 g/mol. The van der Waals surface area contributed by atoms with Gasteiger partial charge in [0.05, 0.1) is 6.10 Å². The summed E-state index contributed by atoms with van der Waals surface area (Å²) >= 11 is 5.92. The summed E-state index contributed by atoms with van der Waals surface area (Å²) in [5, 5.41) is 10.0. The van der Waals surface area contributed by atoms with Crippen molar-refractivity contribution in [3.63, 3.8) is 0 Å². The molecule has 0 aliphatic heterocycles. The van der Waals surface area contributed by atoms with E-state index in [1.165, 1.54) is 0 Å². The minimum atomic E-state index is -0.528. The van der Waals surface area contributed by atoms with Gasteiger partial charge in [0.2, 0.25) is 5.88 Å². The Kier molecular flexibility index (Phi) is 3.84. The van der Waals surface area contributed by atoms with Gasteiger partial charge >= 0.3 is 0 Å². The van der Waals surface area contributed by atoms with Crippen LogP contribution < -0.4 is 4.74 Å². The Bertz CT molecular complexity index is 538. The summed E-state index contributed by atoms with van der Waals surface area (Å²) < 4.78 is 5.65. The predicted molar refractivity (Wildman–Crippen MR) is 71.1 cm³/mol. The van der Waals surface area contributed by atoms with Gasteiger partial charge in [0.25, 0.3) is 0 Å². The van der Waals surface area contributed by atoms with Crippen LogP contribution in [0, 0.1) is 6.92 Å². The number of pyridine rings is 1. The van der Waals surface area contributed by atoms with Gasteiger partial charge in [0.1, 0.15) is 5.75 Å². The highest BCUT2D eigenvalue weighted by Gasteiger charge is 2.05. The molecular weight excluding hydrogens is 250 g/mol. The van der Waals surface area contributed by atoms with Gasteiger partial charge in [-0.05, 0) is 43.2 Å². The summed E-state index contributed by atoms with van der Waals surface area (Å²) in [5.41, 5.74) is 1.74. The number of hydrogen-bond acceptors (Lipinski definition) is 3. The molecule has 2 aromatic rings. The van der Waals surface area contributed by atoms with Crippen molar-refractivity contribution in [1.82, 2.24) is 4.98 Å². The second-order valence-electron chi connectivity index (χ2n) is 4.12. The third-order valence-electron chi connectivity index (χ3n) is 2.61. The molecule has 0 aliphatic rings. The van der Waals surface area contributed by atoms with Crippen molar-refractivity contribution in [3.05, 3.63) is 52.7 Å². The van der Waals surface area contributed by atoms with Gasteiger partial charge in [0, 0.05) is 17.3 Å². The smallest absolute Gasteiger partial charge is 0.219 e. The molecule has 1 heterocycles. The average Bonchev–Trinajstić information content (AvgIpc) is 2.34. The van der Waals surface area contributed by atoms with Gasteiger partial charge in [-0.15, -0.1) is 0 Å². The van der Waals surface area contributed by atoms with Gasteiger partial charge in [0.15, 0.2) is 0 Å². The Morgan fingerprint density at radius 2 is 2.06 bits per heavy atom. The quantitative estimate of drug-likeness (QED) is 0.914. The fourth-order valence-electron chi connectivity index (χ4n) is 1.50. The molecule has 1 aromatic heterocycles. The monoisotopic (exact) mass is 263 g/mol. The first kappa shape index (κ1) is 12.9. The standard InChI is InChI=1S/C14H14ClNO2/c1-9-3-5-12(15)7-13(9)18-14-6-4-11(8-16-14)10(2)17/h3-8,10,17H,1-2H3/t10-/m0/s1. The molecule has 0 amide bonds. The highest BCUT2D eigenvalue weighted by molar-refractivity contribution is 6.30. The third kappa shape index (κ3) is 3.00. The first-order valence-electron chi connectivity index (χ1n) is 5.64. The number of halogens is 1. The molecule has 18 heavy (non-hydrogen) atoms. The molecule has 3 nitrogen and oxygen atoms in total. The van der Waals surface area contributed by atoms with Gasteiger partial charge < -0.3 is 9.84 Å². The molecule has 0 saturated carbocycles. The van der Waals surface area contributed by atoms with Crippen LogP contribution in [0.2, 0.25) is 5.02 Å². The van der Waals surface area contributed by atoms with E-state index in [0.29, 0.717) is 16.7 Å². The van der Waals surface area contributed by atoms with Gasteiger partial charge in [-0.1, -0.05) is 17.7 Å². The fourth-order valence-corrected chi connectivity index (χ4v) is 1.66. The van der Waals surface area contributed by atoms with Crippen LogP contribution >= 0.6 is 11.6 Å². The fraction of sp³-hybridized carbons (Fsp3) is 0.214. The topological polar surface area (TPSA) is 42.4 Å². The third-order valence-corrected chi connectivity index (χ3v) is 2.84. The zero-order chi connectivity index (χ0) is 13.1. The number of ether oxygens (including phenoxy) is 1. The first-order valence-corrected chi connectivity index (χ1v) is 6.02. The van der Waals surface area contributed by atoms with Crippen LogP contribution in [-0.4, -0.2) is 10.1 Å². The van der Waals surface area contributed by atoms with Gasteiger partial charge in [-0.2, -0.15) is 0 Å². The van der Waals surface area contributed by atoms with Crippen LogP contribution in [0.5, 0.6) is 11.6 Å². The van der Waals surface area contributed by atoms with E-state index in [0.717, 1.165) is 11.1 Å². The van der Waals surface area contributed by atoms with Crippen LogP contribution in [0.3, 0.4) is 0 Å². The summed E-state index contributed by atoms with van der Waals surface area (Å²) in [6, 6.07) is 8.96. The maximum absolute atomic E-state index is 9.39. The first-order chi connectivity index (χ1) is 8.56. The lowest BCUT2D eigenvalue weighted by Gasteiger charge is -2.09. The van der Waals surface area contributed by atoms with Gasteiger partial charge in [-0.25, -0.2) is 4.98 Å². The molecule has 4 heteroatoms. The van der Waals surface area contributed by atoms with E-state index < -0.39 is 6.10 Å².